The molecular formula is C15H18N2O. The van der Waals surface area contributed by atoms with Crippen LogP contribution in [0.15, 0.2) is 47.4 Å². The summed E-state index contributed by atoms with van der Waals surface area (Å²) in [5.74, 6) is 0. The SMILES string of the molecule is Cc1ccccc1-c1ccc(=O)n(CCCN)c1. The fraction of sp³-hybridized carbons (Fsp3) is 0.267. The summed E-state index contributed by atoms with van der Waals surface area (Å²) in [5.41, 5.74) is 8.96. The van der Waals surface area contributed by atoms with Crippen LogP contribution < -0.4 is 11.3 Å². The smallest absolute Gasteiger partial charge is 0.250 e. The standard InChI is InChI=1S/C15H18N2O/c1-12-5-2-3-6-14(12)13-7-8-15(18)17(11-13)10-4-9-16/h2-3,5-8,11H,4,9-10,16H2,1H3. The number of nitrogens with two attached hydrogens (primary N) is 1. The van der Waals surface area contributed by atoms with Crippen molar-refractivity contribution in [3.8, 4) is 11.1 Å². The number of pyridine rings is 1. The zero-order valence-corrected chi connectivity index (χ0v) is 10.6. The van der Waals surface area contributed by atoms with Gasteiger partial charge in [0.25, 0.3) is 5.56 Å². The van der Waals surface area contributed by atoms with Gasteiger partial charge in [-0.25, -0.2) is 0 Å². The average Bonchev–Trinajstić information content (AvgIpc) is 2.39. The molecule has 1 heterocycles. The molecule has 0 saturated carbocycles. The van der Waals surface area contributed by atoms with Gasteiger partial charge in [-0.15, -0.1) is 0 Å². The Labute approximate surface area is 107 Å². The summed E-state index contributed by atoms with van der Waals surface area (Å²) in [7, 11) is 0. The van der Waals surface area contributed by atoms with E-state index in [4.69, 9.17) is 5.73 Å². The molecule has 0 fully saturated rings. The predicted molar refractivity (Wildman–Crippen MR) is 74.5 cm³/mol. The molecule has 3 nitrogen and oxygen atoms in total. The van der Waals surface area contributed by atoms with E-state index in [9.17, 15) is 4.79 Å². The Kier molecular flexibility index (Phi) is 3.95. The first-order chi connectivity index (χ1) is 8.72. The highest BCUT2D eigenvalue weighted by atomic mass is 16.1. The maximum atomic E-state index is 11.7. The van der Waals surface area contributed by atoms with E-state index in [-0.39, 0.29) is 5.56 Å². The Morgan fingerprint density at radius 3 is 2.67 bits per heavy atom. The van der Waals surface area contributed by atoms with E-state index in [0.717, 1.165) is 12.0 Å². The number of benzene rings is 1. The highest BCUT2D eigenvalue weighted by Gasteiger charge is 2.03. The molecule has 0 spiro atoms. The van der Waals surface area contributed by atoms with Crippen molar-refractivity contribution in [2.45, 2.75) is 19.9 Å². The third-order valence-corrected chi connectivity index (χ3v) is 3.04. The highest BCUT2D eigenvalue weighted by molar-refractivity contribution is 5.66. The molecule has 0 saturated heterocycles. The molecule has 1 aromatic heterocycles. The quantitative estimate of drug-likeness (QED) is 0.893. The fourth-order valence-electron chi connectivity index (χ4n) is 2.02. The van der Waals surface area contributed by atoms with Gasteiger partial charge in [0.15, 0.2) is 0 Å². The van der Waals surface area contributed by atoms with Crippen LogP contribution in [0.4, 0.5) is 0 Å². The molecule has 0 unspecified atom stereocenters. The van der Waals surface area contributed by atoms with Gasteiger partial charge < -0.3 is 10.3 Å². The Bertz CT molecular complexity index is 587. The van der Waals surface area contributed by atoms with Crippen molar-refractivity contribution < 1.29 is 0 Å². The number of nitrogens with zero attached hydrogens (tertiary/aromatic N) is 1. The summed E-state index contributed by atoms with van der Waals surface area (Å²) in [5, 5.41) is 0. The molecule has 0 aliphatic heterocycles. The summed E-state index contributed by atoms with van der Waals surface area (Å²) >= 11 is 0. The van der Waals surface area contributed by atoms with E-state index < -0.39 is 0 Å². The summed E-state index contributed by atoms with van der Waals surface area (Å²) in [4.78, 5) is 11.7. The van der Waals surface area contributed by atoms with Crippen LogP contribution in [-0.4, -0.2) is 11.1 Å². The fourth-order valence-corrected chi connectivity index (χ4v) is 2.02. The van der Waals surface area contributed by atoms with E-state index in [1.165, 1.54) is 11.1 Å². The molecular weight excluding hydrogens is 224 g/mol. The van der Waals surface area contributed by atoms with Gasteiger partial charge in [0.1, 0.15) is 0 Å². The van der Waals surface area contributed by atoms with Crippen molar-refractivity contribution in [3.05, 3.63) is 58.5 Å². The normalized spacial score (nSPS) is 10.6. The van der Waals surface area contributed by atoms with Crippen LogP contribution in [0.2, 0.25) is 0 Å². The number of aryl methyl sites for hydroxylation is 2. The second-order valence-electron chi connectivity index (χ2n) is 4.41. The van der Waals surface area contributed by atoms with Crippen molar-refractivity contribution >= 4 is 0 Å². The molecule has 0 amide bonds. The summed E-state index contributed by atoms with van der Waals surface area (Å²) < 4.78 is 1.73. The van der Waals surface area contributed by atoms with Gasteiger partial charge >= 0.3 is 0 Å². The van der Waals surface area contributed by atoms with Crippen molar-refractivity contribution in [2.24, 2.45) is 5.73 Å². The molecule has 0 radical (unpaired) electrons. The summed E-state index contributed by atoms with van der Waals surface area (Å²) in [6.07, 6.45) is 2.73. The maximum absolute atomic E-state index is 11.7. The van der Waals surface area contributed by atoms with Crippen molar-refractivity contribution in [2.75, 3.05) is 6.54 Å². The van der Waals surface area contributed by atoms with Crippen LogP contribution in [0.3, 0.4) is 0 Å². The van der Waals surface area contributed by atoms with Gasteiger partial charge in [0, 0.05) is 18.8 Å². The zero-order chi connectivity index (χ0) is 13.0. The lowest BCUT2D eigenvalue weighted by atomic mass is 10.0. The highest BCUT2D eigenvalue weighted by Crippen LogP contribution is 2.21. The van der Waals surface area contributed by atoms with Crippen LogP contribution in [0, 0.1) is 6.92 Å². The summed E-state index contributed by atoms with van der Waals surface area (Å²) in [6, 6.07) is 11.7. The van der Waals surface area contributed by atoms with Crippen molar-refractivity contribution in [1.82, 2.24) is 4.57 Å². The molecule has 0 bridgehead atoms. The molecule has 3 heteroatoms. The van der Waals surface area contributed by atoms with Crippen LogP contribution >= 0.6 is 0 Å². The monoisotopic (exact) mass is 242 g/mol. The third-order valence-electron chi connectivity index (χ3n) is 3.04. The number of rotatable bonds is 4. The Hall–Kier alpha value is -1.87. The van der Waals surface area contributed by atoms with Gasteiger partial charge in [-0.05, 0) is 42.6 Å². The van der Waals surface area contributed by atoms with Gasteiger partial charge in [0.05, 0.1) is 0 Å². The van der Waals surface area contributed by atoms with E-state index in [1.807, 2.05) is 24.4 Å². The van der Waals surface area contributed by atoms with Crippen LogP contribution in [-0.2, 0) is 6.54 Å². The molecule has 0 atom stereocenters. The molecule has 94 valence electrons. The lowest BCUT2D eigenvalue weighted by Gasteiger charge is -2.09. The topological polar surface area (TPSA) is 48.0 Å². The van der Waals surface area contributed by atoms with Gasteiger partial charge in [-0.2, -0.15) is 0 Å². The molecule has 2 N–H and O–H groups in total. The molecule has 0 aliphatic rings. The predicted octanol–water partition coefficient (Wildman–Crippen LogP) is 2.17. The van der Waals surface area contributed by atoms with E-state index in [2.05, 4.69) is 19.1 Å². The minimum absolute atomic E-state index is 0.0285. The van der Waals surface area contributed by atoms with Gasteiger partial charge in [0.2, 0.25) is 0 Å². The second-order valence-corrected chi connectivity index (χ2v) is 4.41. The Balaban J connectivity index is 2.41. The van der Waals surface area contributed by atoms with Crippen molar-refractivity contribution in [1.29, 1.82) is 0 Å². The number of hydrogen-bond acceptors (Lipinski definition) is 2. The molecule has 18 heavy (non-hydrogen) atoms. The zero-order valence-electron chi connectivity index (χ0n) is 10.6. The molecule has 2 aromatic rings. The van der Waals surface area contributed by atoms with Gasteiger partial charge in [-0.3, -0.25) is 4.79 Å². The third kappa shape index (κ3) is 2.68. The van der Waals surface area contributed by atoms with Crippen LogP contribution in [0.5, 0.6) is 0 Å². The van der Waals surface area contributed by atoms with Crippen LogP contribution in [0.1, 0.15) is 12.0 Å². The first kappa shape index (κ1) is 12.6. The average molecular weight is 242 g/mol. The first-order valence-corrected chi connectivity index (χ1v) is 6.19. The maximum Gasteiger partial charge on any atom is 0.250 e. The van der Waals surface area contributed by atoms with E-state index in [1.54, 1.807) is 10.6 Å². The minimum Gasteiger partial charge on any atom is -0.330 e. The molecule has 1 aromatic carbocycles. The van der Waals surface area contributed by atoms with E-state index in [0.29, 0.717) is 13.1 Å². The lowest BCUT2D eigenvalue weighted by Crippen LogP contribution is -2.20. The molecule has 0 aliphatic carbocycles. The van der Waals surface area contributed by atoms with Crippen LogP contribution in [0.25, 0.3) is 11.1 Å². The summed E-state index contributed by atoms with van der Waals surface area (Å²) in [6.45, 7) is 3.35. The minimum atomic E-state index is 0.0285. The Morgan fingerprint density at radius 1 is 1.17 bits per heavy atom. The van der Waals surface area contributed by atoms with Crippen molar-refractivity contribution in [3.63, 3.8) is 0 Å². The second kappa shape index (κ2) is 5.65. The van der Waals surface area contributed by atoms with Gasteiger partial charge in [-0.1, -0.05) is 24.3 Å². The Morgan fingerprint density at radius 2 is 1.94 bits per heavy atom. The van der Waals surface area contributed by atoms with E-state index >= 15 is 0 Å². The largest absolute Gasteiger partial charge is 0.330 e. The lowest BCUT2D eigenvalue weighted by molar-refractivity contribution is 0.630. The first-order valence-electron chi connectivity index (χ1n) is 6.19. The number of aromatic nitrogens is 1. The molecule has 2 rings (SSSR count). The number of hydrogen-bond donors (Lipinski definition) is 1.